The first kappa shape index (κ1) is 18.0. The van der Waals surface area contributed by atoms with Gasteiger partial charge in [-0.05, 0) is 47.4 Å². The number of nitrogens with one attached hydrogen (secondary N) is 2. The van der Waals surface area contributed by atoms with Crippen LogP contribution >= 0.6 is 0 Å². The quantitative estimate of drug-likeness (QED) is 0.602. The van der Waals surface area contributed by atoms with Gasteiger partial charge in [0.2, 0.25) is 0 Å². The molecule has 148 valence electrons. The smallest absolute Gasteiger partial charge is 0.254 e. The first-order chi connectivity index (χ1) is 14.2. The Morgan fingerprint density at radius 3 is 2.55 bits per heavy atom. The number of hydrogen-bond donors (Lipinski definition) is 3. The third-order valence-corrected chi connectivity index (χ3v) is 6.17. The highest BCUT2D eigenvalue weighted by Crippen LogP contribution is 2.48. The van der Waals surface area contributed by atoms with Crippen LogP contribution in [0.1, 0.15) is 28.8 Å². The fourth-order valence-corrected chi connectivity index (χ4v) is 4.37. The molecule has 1 amide bonds. The number of nitrogens with zero attached hydrogens (tertiary/aromatic N) is 1. The molecule has 1 aliphatic heterocycles. The van der Waals surface area contributed by atoms with Crippen molar-refractivity contribution in [3.05, 3.63) is 71.8 Å². The van der Waals surface area contributed by atoms with Gasteiger partial charge in [0.25, 0.3) is 5.91 Å². The van der Waals surface area contributed by atoms with Gasteiger partial charge in [0.15, 0.2) is 0 Å². The van der Waals surface area contributed by atoms with Crippen LogP contribution in [0.4, 0.5) is 11.4 Å². The van der Waals surface area contributed by atoms with E-state index in [0.29, 0.717) is 11.3 Å². The molecule has 0 unspecified atom stereocenters. The molecule has 0 atom stereocenters. The summed E-state index contributed by atoms with van der Waals surface area (Å²) >= 11 is 0. The van der Waals surface area contributed by atoms with E-state index in [1.165, 1.54) is 16.3 Å². The van der Waals surface area contributed by atoms with Crippen LogP contribution in [0.15, 0.2) is 60.7 Å². The van der Waals surface area contributed by atoms with Crippen LogP contribution < -0.4 is 21.3 Å². The number of carbonyl (C=O) groups excluding carboxylic acids is 1. The van der Waals surface area contributed by atoms with E-state index >= 15 is 0 Å². The van der Waals surface area contributed by atoms with Crippen molar-refractivity contribution >= 4 is 28.1 Å². The average Bonchev–Trinajstić information content (AvgIpc) is 3.54. The molecule has 5 heteroatoms. The molecule has 3 aromatic carbocycles. The predicted molar refractivity (Wildman–Crippen MR) is 118 cm³/mol. The second-order valence-corrected chi connectivity index (χ2v) is 8.07. The first-order valence-corrected chi connectivity index (χ1v) is 10.3. The Bertz CT molecular complexity index is 1060. The molecule has 1 saturated heterocycles. The summed E-state index contributed by atoms with van der Waals surface area (Å²) in [5, 5.41) is 9.08. The first-order valence-electron chi connectivity index (χ1n) is 10.3. The van der Waals surface area contributed by atoms with Crippen LogP contribution in [0.5, 0.6) is 0 Å². The minimum absolute atomic E-state index is 0.0927. The van der Waals surface area contributed by atoms with E-state index in [0.717, 1.165) is 44.7 Å². The van der Waals surface area contributed by atoms with Crippen LogP contribution in [0.3, 0.4) is 0 Å². The summed E-state index contributed by atoms with van der Waals surface area (Å²) in [6, 6.07) is 20.5. The molecule has 0 radical (unpaired) electrons. The van der Waals surface area contributed by atoms with Crippen LogP contribution in [-0.4, -0.2) is 32.1 Å². The molecular weight excluding hydrogens is 360 g/mol. The van der Waals surface area contributed by atoms with Gasteiger partial charge in [-0.1, -0.05) is 42.5 Å². The van der Waals surface area contributed by atoms with Crippen molar-refractivity contribution in [1.82, 2.24) is 10.6 Å². The lowest BCUT2D eigenvalue weighted by Gasteiger charge is -2.30. The van der Waals surface area contributed by atoms with Crippen molar-refractivity contribution in [2.75, 3.05) is 36.8 Å². The van der Waals surface area contributed by atoms with Crippen LogP contribution in [0.2, 0.25) is 0 Å². The number of piperazine rings is 1. The minimum atomic E-state index is -0.296. The van der Waals surface area contributed by atoms with Crippen LogP contribution in [-0.2, 0) is 5.54 Å². The van der Waals surface area contributed by atoms with Crippen molar-refractivity contribution in [3.8, 4) is 0 Å². The van der Waals surface area contributed by atoms with Gasteiger partial charge in [0.1, 0.15) is 0 Å². The van der Waals surface area contributed by atoms with Gasteiger partial charge in [0.05, 0.1) is 11.1 Å². The maximum absolute atomic E-state index is 13.2. The molecule has 29 heavy (non-hydrogen) atoms. The average molecular weight is 386 g/mol. The Kier molecular flexibility index (Phi) is 4.40. The lowest BCUT2D eigenvalue weighted by molar-refractivity contribution is 0.0932. The summed E-state index contributed by atoms with van der Waals surface area (Å²) in [5.74, 6) is -0.0927. The number of amides is 1. The molecule has 2 aliphatic rings. The van der Waals surface area contributed by atoms with Gasteiger partial charge >= 0.3 is 0 Å². The summed E-state index contributed by atoms with van der Waals surface area (Å²) in [5.41, 5.74) is 9.24. The summed E-state index contributed by atoms with van der Waals surface area (Å²) in [4.78, 5) is 15.5. The molecule has 0 aromatic heterocycles. The van der Waals surface area contributed by atoms with Gasteiger partial charge in [0, 0.05) is 37.6 Å². The van der Waals surface area contributed by atoms with E-state index in [9.17, 15) is 4.79 Å². The third-order valence-electron chi connectivity index (χ3n) is 6.17. The summed E-state index contributed by atoms with van der Waals surface area (Å²) in [7, 11) is 0. The third kappa shape index (κ3) is 3.32. The van der Waals surface area contributed by atoms with Crippen molar-refractivity contribution in [1.29, 1.82) is 0 Å². The second-order valence-electron chi connectivity index (χ2n) is 8.07. The van der Waals surface area contributed by atoms with Crippen molar-refractivity contribution in [2.24, 2.45) is 0 Å². The molecule has 1 heterocycles. The van der Waals surface area contributed by atoms with Gasteiger partial charge < -0.3 is 21.3 Å². The zero-order chi connectivity index (χ0) is 19.8. The highest BCUT2D eigenvalue weighted by molar-refractivity contribution is 6.01. The Hall–Kier alpha value is -3.05. The molecule has 0 spiro atoms. The summed E-state index contributed by atoms with van der Waals surface area (Å²) < 4.78 is 0. The van der Waals surface area contributed by atoms with Crippen molar-refractivity contribution in [2.45, 2.75) is 18.4 Å². The molecule has 5 nitrogen and oxygen atoms in total. The molecule has 5 rings (SSSR count). The molecule has 0 bridgehead atoms. The summed E-state index contributed by atoms with van der Waals surface area (Å²) in [6.07, 6.45) is 1.90. The zero-order valence-corrected chi connectivity index (χ0v) is 16.4. The Morgan fingerprint density at radius 1 is 1.00 bits per heavy atom. The Morgan fingerprint density at radius 2 is 1.76 bits per heavy atom. The molecule has 4 N–H and O–H groups in total. The number of nitrogen functional groups attached to an aromatic ring is 1. The molecule has 1 aliphatic carbocycles. The van der Waals surface area contributed by atoms with Crippen LogP contribution in [0, 0.1) is 0 Å². The molecular formula is C24H26N4O. The largest absolute Gasteiger partial charge is 0.398 e. The predicted octanol–water partition coefficient (Wildman–Crippen LogP) is 3.25. The lowest BCUT2D eigenvalue weighted by atomic mass is 9.96. The number of rotatable bonds is 4. The van der Waals surface area contributed by atoms with E-state index in [-0.39, 0.29) is 11.4 Å². The number of benzene rings is 3. The van der Waals surface area contributed by atoms with E-state index < -0.39 is 0 Å². The van der Waals surface area contributed by atoms with Gasteiger partial charge in [-0.2, -0.15) is 0 Å². The van der Waals surface area contributed by atoms with Gasteiger partial charge in [-0.15, -0.1) is 0 Å². The highest BCUT2D eigenvalue weighted by atomic mass is 16.1. The number of hydrogen-bond acceptors (Lipinski definition) is 4. The van der Waals surface area contributed by atoms with Crippen molar-refractivity contribution < 1.29 is 4.79 Å². The maximum atomic E-state index is 13.2. The Balaban J connectivity index is 1.44. The normalized spacial score (nSPS) is 17.9. The number of fused-ring (bicyclic) bond motifs is 1. The number of nitrogens with two attached hydrogens (primary N) is 1. The highest BCUT2D eigenvalue weighted by Gasteiger charge is 2.46. The van der Waals surface area contributed by atoms with Gasteiger partial charge in [-0.3, -0.25) is 4.79 Å². The van der Waals surface area contributed by atoms with Crippen LogP contribution in [0.25, 0.3) is 10.8 Å². The van der Waals surface area contributed by atoms with E-state index in [1.807, 2.05) is 24.3 Å². The Labute approximate surface area is 170 Å². The molecule has 2 fully saturated rings. The summed E-state index contributed by atoms with van der Waals surface area (Å²) in [6.45, 7) is 3.78. The van der Waals surface area contributed by atoms with Crippen molar-refractivity contribution in [3.63, 3.8) is 0 Å². The molecule has 1 saturated carbocycles. The zero-order valence-electron chi connectivity index (χ0n) is 16.4. The number of carbonyl (C=O) groups is 1. The monoisotopic (exact) mass is 386 g/mol. The molecule has 3 aromatic rings. The fraction of sp³-hybridized carbons (Fsp3) is 0.292. The van der Waals surface area contributed by atoms with E-state index in [1.54, 1.807) is 0 Å². The maximum Gasteiger partial charge on any atom is 0.254 e. The number of anilines is 2. The lowest BCUT2D eigenvalue weighted by Crippen LogP contribution is -2.43. The minimum Gasteiger partial charge on any atom is -0.398 e. The SMILES string of the molecule is Nc1ccc(N2CCNCC2)cc1C(=O)NC1(c2cccc3ccccc23)CC1. The fourth-order valence-electron chi connectivity index (χ4n) is 4.37. The van der Waals surface area contributed by atoms with E-state index in [2.05, 4.69) is 51.9 Å². The topological polar surface area (TPSA) is 70.4 Å². The second kappa shape index (κ2) is 7.08. The van der Waals surface area contributed by atoms with E-state index in [4.69, 9.17) is 5.73 Å². The van der Waals surface area contributed by atoms with Gasteiger partial charge in [-0.25, -0.2) is 0 Å². The standard InChI is InChI=1S/C24H26N4O/c25-22-9-8-18(28-14-12-26-13-15-28)16-20(22)23(29)27-24(10-11-24)21-7-3-5-17-4-1-2-6-19(17)21/h1-9,16,26H,10-15,25H2,(H,27,29).